The Morgan fingerprint density at radius 1 is 1.14 bits per heavy atom. The highest BCUT2D eigenvalue weighted by molar-refractivity contribution is 7.98. The largest absolute Gasteiger partial charge is 0.301 e. The van der Waals surface area contributed by atoms with E-state index in [2.05, 4.69) is 14.9 Å². The molecule has 2 heterocycles. The molecule has 8 heteroatoms. The Morgan fingerprint density at radius 3 is 2.66 bits per heavy atom. The highest BCUT2D eigenvalue weighted by Gasteiger charge is 2.21. The topological polar surface area (TPSA) is 49.0 Å². The molecule has 0 fully saturated rings. The van der Waals surface area contributed by atoms with E-state index >= 15 is 0 Å². The van der Waals surface area contributed by atoms with Gasteiger partial charge in [-0.1, -0.05) is 41.6 Å². The Balaban J connectivity index is 1.45. The Labute approximate surface area is 175 Å². The van der Waals surface area contributed by atoms with E-state index in [1.165, 1.54) is 36.0 Å². The van der Waals surface area contributed by atoms with Gasteiger partial charge in [0.2, 0.25) is 0 Å². The Hall–Kier alpha value is -2.22. The third-order valence-corrected chi connectivity index (χ3v) is 6.10. The lowest BCUT2D eigenvalue weighted by molar-refractivity contribution is 0.241. The number of hydrogen-bond donors (Lipinski definition) is 1. The van der Waals surface area contributed by atoms with E-state index in [9.17, 15) is 13.6 Å². The second-order valence-electron chi connectivity index (χ2n) is 6.91. The monoisotopic (exact) mass is 433 g/mol. The van der Waals surface area contributed by atoms with Gasteiger partial charge in [0.15, 0.2) is 5.16 Å². The van der Waals surface area contributed by atoms with Gasteiger partial charge in [-0.3, -0.25) is 9.69 Å². The zero-order chi connectivity index (χ0) is 20.4. The highest BCUT2D eigenvalue weighted by atomic mass is 35.5. The highest BCUT2D eigenvalue weighted by Crippen LogP contribution is 2.26. The molecule has 4 rings (SSSR count). The minimum atomic E-state index is -0.380. The third-order valence-electron chi connectivity index (χ3n) is 4.82. The molecule has 0 aliphatic carbocycles. The molecular weight excluding hydrogens is 416 g/mol. The van der Waals surface area contributed by atoms with E-state index in [0.717, 1.165) is 23.4 Å². The van der Waals surface area contributed by atoms with Crippen molar-refractivity contribution in [2.75, 3.05) is 6.54 Å². The summed E-state index contributed by atoms with van der Waals surface area (Å²) in [5.41, 5.74) is 3.11. The summed E-state index contributed by atoms with van der Waals surface area (Å²) in [4.78, 5) is 22.2. The Kier molecular flexibility index (Phi) is 5.99. The summed E-state index contributed by atoms with van der Waals surface area (Å²) in [6.45, 7) is 1.93. The standard InChI is InChI=1S/C21H18ClF2N3OS/c22-18-9-16(24)6-3-14(18)12-29-21-25-19-7-8-27(11-17(19)20(28)26-21)10-13-1-4-15(23)5-2-13/h1-6,9H,7-8,10-12H2,(H,25,26,28). The quantitative estimate of drug-likeness (QED) is 0.473. The van der Waals surface area contributed by atoms with Crippen molar-refractivity contribution < 1.29 is 8.78 Å². The van der Waals surface area contributed by atoms with Crippen LogP contribution in [-0.2, 0) is 25.3 Å². The van der Waals surface area contributed by atoms with Crippen molar-refractivity contribution in [3.05, 3.63) is 91.9 Å². The Morgan fingerprint density at radius 2 is 1.90 bits per heavy atom. The number of halogens is 3. The molecule has 2 aromatic carbocycles. The maximum Gasteiger partial charge on any atom is 0.256 e. The summed E-state index contributed by atoms with van der Waals surface area (Å²) in [5.74, 6) is -0.156. The van der Waals surface area contributed by atoms with Gasteiger partial charge in [0.1, 0.15) is 11.6 Å². The van der Waals surface area contributed by atoms with Crippen molar-refractivity contribution in [3.8, 4) is 0 Å². The van der Waals surface area contributed by atoms with Crippen molar-refractivity contribution in [2.45, 2.75) is 30.4 Å². The van der Waals surface area contributed by atoms with Crippen molar-refractivity contribution in [2.24, 2.45) is 0 Å². The van der Waals surface area contributed by atoms with Crippen molar-refractivity contribution in [3.63, 3.8) is 0 Å². The van der Waals surface area contributed by atoms with Crippen LogP contribution >= 0.6 is 23.4 Å². The van der Waals surface area contributed by atoms with E-state index in [1.807, 2.05) is 0 Å². The second kappa shape index (κ2) is 8.65. The zero-order valence-electron chi connectivity index (χ0n) is 15.4. The number of H-pyrrole nitrogens is 1. The van der Waals surface area contributed by atoms with Crippen LogP contribution in [0.1, 0.15) is 22.4 Å². The molecule has 0 atom stereocenters. The molecule has 1 aliphatic heterocycles. The van der Waals surface area contributed by atoms with E-state index in [0.29, 0.717) is 41.0 Å². The van der Waals surface area contributed by atoms with Gasteiger partial charge >= 0.3 is 0 Å². The predicted molar refractivity (Wildman–Crippen MR) is 110 cm³/mol. The van der Waals surface area contributed by atoms with Crippen LogP contribution in [0.5, 0.6) is 0 Å². The first-order chi connectivity index (χ1) is 14.0. The van der Waals surface area contributed by atoms with Crippen LogP contribution in [0.2, 0.25) is 5.02 Å². The van der Waals surface area contributed by atoms with Crippen LogP contribution in [0, 0.1) is 11.6 Å². The van der Waals surface area contributed by atoms with Gasteiger partial charge in [-0.25, -0.2) is 13.8 Å². The lowest BCUT2D eigenvalue weighted by atomic mass is 10.1. The molecule has 150 valence electrons. The number of hydrogen-bond acceptors (Lipinski definition) is 4. The van der Waals surface area contributed by atoms with Crippen LogP contribution in [-0.4, -0.2) is 21.4 Å². The number of nitrogens with zero attached hydrogens (tertiary/aromatic N) is 2. The van der Waals surface area contributed by atoms with E-state index < -0.39 is 0 Å². The minimum absolute atomic E-state index is 0.147. The molecule has 0 radical (unpaired) electrons. The van der Waals surface area contributed by atoms with Crippen LogP contribution in [0.4, 0.5) is 8.78 Å². The molecule has 0 unspecified atom stereocenters. The summed E-state index contributed by atoms with van der Waals surface area (Å²) in [5, 5.41) is 0.885. The first kappa shape index (κ1) is 20.1. The molecule has 0 saturated carbocycles. The van der Waals surface area contributed by atoms with E-state index in [1.54, 1.807) is 18.2 Å². The fourth-order valence-electron chi connectivity index (χ4n) is 3.29. The number of aromatic nitrogens is 2. The summed E-state index contributed by atoms with van der Waals surface area (Å²) in [7, 11) is 0. The average molecular weight is 434 g/mol. The van der Waals surface area contributed by atoms with Crippen LogP contribution in [0.3, 0.4) is 0 Å². The molecule has 1 aromatic heterocycles. The smallest absolute Gasteiger partial charge is 0.256 e. The molecular formula is C21H18ClF2N3OS. The second-order valence-corrected chi connectivity index (χ2v) is 8.28. The molecule has 1 aliphatic rings. The average Bonchev–Trinajstić information content (AvgIpc) is 2.69. The molecule has 0 bridgehead atoms. The molecule has 4 nitrogen and oxygen atoms in total. The van der Waals surface area contributed by atoms with Crippen molar-refractivity contribution in [1.29, 1.82) is 0 Å². The number of thioether (sulfide) groups is 1. The molecule has 1 N–H and O–H groups in total. The number of nitrogens with one attached hydrogen (secondary N) is 1. The van der Waals surface area contributed by atoms with Gasteiger partial charge in [-0.2, -0.15) is 0 Å². The maximum absolute atomic E-state index is 13.2. The maximum atomic E-state index is 13.2. The molecule has 0 amide bonds. The summed E-state index contributed by atoms with van der Waals surface area (Å²) < 4.78 is 26.2. The summed E-state index contributed by atoms with van der Waals surface area (Å²) >= 11 is 7.42. The van der Waals surface area contributed by atoms with E-state index in [-0.39, 0.29) is 17.2 Å². The van der Waals surface area contributed by atoms with Gasteiger partial charge in [0.05, 0.1) is 11.3 Å². The van der Waals surface area contributed by atoms with E-state index in [4.69, 9.17) is 11.6 Å². The van der Waals surface area contributed by atoms with Gasteiger partial charge in [0, 0.05) is 36.8 Å². The van der Waals surface area contributed by atoms with Crippen LogP contribution < -0.4 is 5.56 Å². The lowest BCUT2D eigenvalue weighted by Crippen LogP contribution is -2.35. The van der Waals surface area contributed by atoms with Crippen LogP contribution in [0.15, 0.2) is 52.4 Å². The number of aromatic amines is 1. The zero-order valence-corrected chi connectivity index (χ0v) is 17.0. The van der Waals surface area contributed by atoms with Gasteiger partial charge in [-0.05, 0) is 35.4 Å². The SMILES string of the molecule is O=c1[nH]c(SCc2ccc(F)cc2Cl)nc2c1CN(Cc1ccc(F)cc1)CC2. The molecule has 0 saturated heterocycles. The Bertz CT molecular complexity index is 1090. The first-order valence-electron chi connectivity index (χ1n) is 9.13. The summed E-state index contributed by atoms with van der Waals surface area (Å²) in [6, 6.07) is 10.7. The number of fused-ring (bicyclic) bond motifs is 1. The van der Waals surface area contributed by atoms with Gasteiger partial charge in [0.25, 0.3) is 5.56 Å². The third kappa shape index (κ3) is 4.86. The molecule has 0 spiro atoms. The summed E-state index contributed by atoms with van der Waals surface area (Å²) in [6.07, 6.45) is 0.672. The van der Waals surface area contributed by atoms with Gasteiger partial charge in [-0.15, -0.1) is 0 Å². The van der Waals surface area contributed by atoms with Crippen molar-refractivity contribution in [1.82, 2.24) is 14.9 Å². The fraction of sp³-hybridized carbons (Fsp3) is 0.238. The first-order valence-corrected chi connectivity index (χ1v) is 10.5. The normalized spacial score (nSPS) is 14.0. The predicted octanol–water partition coefficient (Wildman–Crippen LogP) is 4.55. The van der Waals surface area contributed by atoms with Crippen LogP contribution in [0.25, 0.3) is 0 Å². The fourth-order valence-corrected chi connectivity index (χ4v) is 4.49. The molecule has 29 heavy (non-hydrogen) atoms. The van der Waals surface area contributed by atoms with Gasteiger partial charge < -0.3 is 4.98 Å². The number of benzene rings is 2. The number of rotatable bonds is 5. The lowest BCUT2D eigenvalue weighted by Gasteiger charge is -2.27. The minimum Gasteiger partial charge on any atom is -0.301 e. The molecule has 3 aromatic rings. The van der Waals surface area contributed by atoms with Crippen molar-refractivity contribution >= 4 is 23.4 Å².